The molecule has 1 fully saturated rings. The Labute approximate surface area is 101 Å². The standard InChI is InChI=1S/C12H17BO4/c1-9-8-11(2-3-12(9)13(14)15)17-10-4-6-16-7-5-10/h2-3,8,10,14-15H,4-7H2,1H3. The maximum absolute atomic E-state index is 9.12. The zero-order valence-corrected chi connectivity index (χ0v) is 9.93. The molecule has 2 N–H and O–H groups in total. The van der Waals surface area contributed by atoms with Gasteiger partial charge in [0.2, 0.25) is 0 Å². The molecule has 1 aliphatic rings. The lowest BCUT2D eigenvalue weighted by Crippen LogP contribution is -2.32. The maximum atomic E-state index is 9.12. The second kappa shape index (κ2) is 5.53. The van der Waals surface area contributed by atoms with Crippen molar-refractivity contribution in [2.45, 2.75) is 25.9 Å². The van der Waals surface area contributed by atoms with Gasteiger partial charge in [-0.05, 0) is 30.1 Å². The van der Waals surface area contributed by atoms with Crippen LogP contribution in [0.15, 0.2) is 18.2 Å². The van der Waals surface area contributed by atoms with Gasteiger partial charge in [0, 0.05) is 12.8 Å². The van der Waals surface area contributed by atoms with Crippen LogP contribution in [-0.4, -0.2) is 36.5 Å². The molecule has 1 aromatic carbocycles. The van der Waals surface area contributed by atoms with Gasteiger partial charge in [0.25, 0.3) is 0 Å². The Morgan fingerprint density at radius 2 is 2.00 bits per heavy atom. The summed E-state index contributed by atoms with van der Waals surface area (Å²) in [6.07, 6.45) is 2.01. The van der Waals surface area contributed by atoms with E-state index in [4.69, 9.17) is 19.5 Å². The number of aryl methyl sites for hydroxylation is 1. The van der Waals surface area contributed by atoms with Crippen LogP contribution in [0.4, 0.5) is 0 Å². The summed E-state index contributed by atoms with van der Waals surface area (Å²) in [5, 5.41) is 18.2. The number of benzene rings is 1. The number of hydrogen-bond acceptors (Lipinski definition) is 4. The van der Waals surface area contributed by atoms with Crippen LogP contribution in [0.2, 0.25) is 0 Å². The molecule has 0 amide bonds. The quantitative estimate of drug-likeness (QED) is 0.737. The van der Waals surface area contributed by atoms with Crippen LogP contribution in [0, 0.1) is 6.92 Å². The normalized spacial score (nSPS) is 16.9. The molecule has 2 rings (SSSR count). The highest BCUT2D eigenvalue weighted by atomic mass is 16.5. The molecule has 1 aromatic rings. The summed E-state index contributed by atoms with van der Waals surface area (Å²) in [5.74, 6) is 0.777. The van der Waals surface area contributed by atoms with Crippen molar-refractivity contribution in [3.05, 3.63) is 23.8 Å². The fourth-order valence-corrected chi connectivity index (χ4v) is 2.00. The third-order valence-corrected chi connectivity index (χ3v) is 2.99. The van der Waals surface area contributed by atoms with E-state index in [0.717, 1.165) is 37.4 Å². The fraction of sp³-hybridized carbons (Fsp3) is 0.500. The van der Waals surface area contributed by atoms with Gasteiger partial charge in [-0.3, -0.25) is 0 Å². The Bertz CT molecular complexity index is 375. The molecule has 0 aliphatic carbocycles. The van der Waals surface area contributed by atoms with E-state index in [1.165, 1.54) is 0 Å². The van der Waals surface area contributed by atoms with Crippen LogP contribution >= 0.6 is 0 Å². The van der Waals surface area contributed by atoms with Crippen molar-refractivity contribution < 1.29 is 19.5 Å². The molecular formula is C12H17BO4. The van der Waals surface area contributed by atoms with Gasteiger partial charge in [0.05, 0.1) is 13.2 Å². The van der Waals surface area contributed by atoms with E-state index >= 15 is 0 Å². The van der Waals surface area contributed by atoms with E-state index in [9.17, 15) is 0 Å². The molecule has 0 aromatic heterocycles. The van der Waals surface area contributed by atoms with Crippen molar-refractivity contribution in [3.8, 4) is 5.75 Å². The molecular weight excluding hydrogens is 219 g/mol. The molecule has 1 aliphatic heterocycles. The second-order valence-electron chi connectivity index (χ2n) is 4.32. The van der Waals surface area contributed by atoms with Crippen LogP contribution in [0.1, 0.15) is 18.4 Å². The van der Waals surface area contributed by atoms with E-state index in [2.05, 4.69) is 0 Å². The first kappa shape index (κ1) is 12.4. The first-order chi connectivity index (χ1) is 8.16. The van der Waals surface area contributed by atoms with Crippen LogP contribution < -0.4 is 10.2 Å². The summed E-state index contributed by atoms with van der Waals surface area (Å²) in [6.45, 7) is 3.33. The average molecular weight is 236 g/mol. The van der Waals surface area contributed by atoms with Gasteiger partial charge in [0.1, 0.15) is 11.9 Å². The van der Waals surface area contributed by atoms with Gasteiger partial charge < -0.3 is 19.5 Å². The lowest BCUT2D eigenvalue weighted by atomic mass is 9.77. The largest absolute Gasteiger partial charge is 0.490 e. The minimum atomic E-state index is -1.42. The van der Waals surface area contributed by atoms with Crippen molar-refractivity contribution >= 4 is 12.6 Å². The summed E-state index contributed by atoms with van der Waals surface area (Å²) in [5.41, 5.74) is 1.34. The van der Waals surface area contributed by atoms with E-state index in [0.29, 0.717) is 5.46 Å². The van der Waals surface area contributed by atoms with Gasteiger partial charge in [-0.15, -0.1) is 0 Å². The summed E-state index contributed by atoms with van der Waals surface area (Å²) in [6, 6.07) is 5.30. The van der Waals surface area contributed by atoms with Crippen molar-refractivity contribution in [1.82, 2.24) is 0 Å². The molecule has 1 heterocycles. The highest BCUT2D eigenvalue weighted by molar-refractivity contribution is 6.59. The summed E-state index contributed by atoms with van der Waals surface area (Å²) >= 11 is 0. The third-order valence-electron chi connectivity index (χ3n) is 2.99. The van der Waals surface area contributed by atoms with E-state index in [-0.39, 0.29) is 6.10 Å². The first-order valence-corrected chi connectivity index (χ1v) is 5.88. The Morgan fingerprint density at radius 1 is 1.29 bits per heavy atom. The molecule has 0 radical (unpaired) electrons. The summed E-state index contributed by atoms with van der Waals surface area (Å²) in [7, 11) is -1.42. The van der Waals surface area contributed by atoms with Crippen molar-refractivity contribution in [3.63, 3.8) is 0 Å². The fourth-order valence-electron chi connectivity index (χ4n) is 2.00. The van der Waals surface area contributed by atoms with Gasteiger partial charge in [-0.25, -0.2) is 0 Å². The number of rotatable bonds is 3. The highest BCUT2D eigenvalue weighted by Crippen LogP contribution is 2.18. The monoisotopic (exact) mass is 236 g/mol. The lowest BCUT2D eigenvalue weighted by molar-refractivity contribution is 0.0255. The predicted molar refractivity (Wildman–Crippen MR) is 65.5 cm³/mol. The first-order valence-electron chi connectivity index (χ1n) is 5.88. The zero-order chi connectivity index (χ0) is 12.3. The number of hydrogen-bond donors (Lipinski definition) is 2. The van der Waals surface area contributed by atoms with E-state index < -0.39 is 7.12 Å². The smallest absolute Gasteiger partial charge is 0.488 e. The minimum Gasteiger partial charge on any atom is -0.490 e. The van der Waals surface area contributed by atoms with Gasteiger partial charge in [-0.2, -0.15) is 0 Å². The predicted octanol–water partition coefficient (Wildman–Crippen LogP) is 0.233. The Kier molecular flexibility index (Phi) is 4.04. The van der Waals surface area contributed by atoms with Crippen LogP contribution in [-0.2, 0) is 4.74 Å². The maximum Gasteiger partial charge on any atom is 0.488 e. The van der Waals surface area contributed by atoms with Crippen molar-refractivity contribution in [1.29, 1.82) is 0 Å². The molecule has 0 spiro atoms. The minimum absolute atomic E-state index is 0.202. The van der Waals surface area contributed by atoms with Crippen molar-refractivity contribution in [2.24, 2.45) is 0 Å². The molecule has 4 nitrogen and oxygen atoms in total. The van der Waals surface area contributed by atoms with E-state index in [1.54, 1.807) is 12.1 Å². The topological polar surface area (TPSA) is 58.9 Å². The lowest BCUT2D eigenvalue weighted by Gasteiger charge is -2.23. The van der Waals surface area contributed by atoms with Crippen LogP contribution in [0.3, 0.4) is 0 Å². The SMILES string of the molecule is Cc1cc(OC2CCOCC2)ccc1B(O)O. The van der Waals surface area contributed by atoms with E-state index in [1.807, 2.05) is 13.0 Å². The molecule has 17 heavy (non-hydrogen) atoms. The molecule has 5 heteroatoms. The van der Waals surface area contributed by atoms with Gasteiger partial charge in [-0.1, -0.05) is 6.07 Å². The molecule has 0 bridgehead atoms. The number of ether oxygens (including phenoxy) is 2. The van der Waals surface area contributed by atoms with Gasteiger partial charge >= 0.3 is 7.12 Å². The van der Waals surface area contributed by atoms with Gasteiger partial charge in [0.15, 0.2) is 0 Å². The molecule has 1 saturated heterocycles. The summed E-state index contributed by atoms with van der Waals surface area (Å²) in [4.78, 5) is 0. The summed E-state index contributed by atoms with van der Waals surface area (Å²) < 4.78 is 11.1. The van der Waals surface area contributed by atoms with Crippen LogP contribution in [0.5, 0.6) is 5.75 Å². The molecule has 0 saturated carbocycles. The second-order valence-corrected chi connectivity index (χ2v) is 4.32. The van der Waals surface area contributed by atoms with Crippen molar-refractivity contribution in [2.75, 3.05) is 13.2 Å². The Morgan fingerprint density at radius 3 is 2.59 bits per heavy atom. The zero-order valence-electron chi connectivity index (χ0n) is 9.93. The molecule has 0 unspecified atom stereocenters. The highest BCUT2D eigenvalue weighted by Gasteiger charge is 2.17. The Balaban J connectivity index is 2.04. The molecule has 0 atom stereocenters. The Hall–Kier alpha value is -1.04. The molecule has 92 valence electrons. The average Bonchev–Trinajstić information content (AvgIpc) is 2.30. The van der Waals surface area contributed by atoms with Crippen LogP contribution in [0.25, 0.3) is 0 Å². The third kappa shape index (κ3) is 3.22.